The summed E-state index contributed by atoms with van der Waals surface area (Å²) in [4.78, 5) is 24.5. The van der Waals surface area contributed by atoms with Gasteiger partial charge in [-0.3, -0.25) is 9.48 Å². The van der Waals surface area contributed by atoms with E-state index in [0.29, 0.717) is 22.0 Å². The van der Waals surface area contributed by atoms with Crippen molar-refractivity contribution in [3.05, 3.63) is 68.1 Å². The van der Waals surface area contributed by atoms with Gasteiger partial charge in [-0.15, -0.1) is 0 Å². The number of nitrogens with zero attached hydrogens (tertiary/aromatic N) is 4. The van der Waals surface area contributed by atoms with E-state index in [0.717, 1.165) is 5.57 Å². The van der Waals surface area contributed by atoms with E-state index in [1.54, 1.807) is 6.92 Å². The van der Waals surface area contributed by atoms with Crippen LogP contribution in [-0.2, 0) is 12.7 Å². The van der Waals surface area contributed by atoms with Gasteiger partial charge in [-0.1, -0.05) is 23.8 Å². The summed E-state index contributed by atoms with van der Waals surface area (Å²) in [6.07, 6.45) is -4.94. The molecule has 0 radical (unpaired) electrons. The van der Waals surface area contributed by atoms with Crippen molar-refractivity contribution in [3.8, 4) is 5.69 Å². The third kappa shape index (κ3) is 3.23. The molecule has 0 saturated heterocycles. The predicted molar refractivity (Wildman–Crippen MR) is 94.6 cm³/mol. The van der Waals surface area contributed by atoms with E-state index in [2.05, 4.69) is 11.7 Å². The van der Waals surface area contributed by atoms with Crippen LogP contribution < -0.4 is 17.1 Å². The number of aromatic nitrogens is 4. The van der Waals surface area contributed by atoms with Crippen LogP contribution in [-0.4, -0.2) is 19.0 Å². The molecule has 2 N–H and O–H groups in total. The van der Waals surface area contributed by atoms with Gasteiger partial charge in [0.2, 0.25) is 0 Å². The molecule has 7 nitrogen and oxygen atoms in total. The van der Waals surface area contributed by atoms with Gasteiger partial charge in [0.25, 0.3) is 5.56 Å². The lowest BCUT2D eigenvalue weighted by Gasteiger charge is -2.13. The molecule has 11 heteroatoms. The van der Waals surface area contributed by atoms with Crippen molar-refractivity contribution in [1.29, 1.82) is 0 Å². The average Bonchev–Trinajstić information content (AvgIpc) is 2.85. The predicted octanol–water partition coefficient (Wildman–Crippen LogP) is 2.31. The van der Waals surface area contributed by atoms with Crippen LogP contribution >= 0.6 is 11.6 Å². The van der Waals surface area contributed by atoms with Crippen LogP contribution in [0.5, 0.6) is 0 Å². The Morgan fingerprint density at radius 2 is 1.96 bits per heavy atom. The van der Waals surface area contributed by atoms with Crippen LogP contribution in [0.3, 0.4) is 0 Å². The smallest absolute Gasteiger partial charge is 0.335 e. The molecule has 3 aromatic rings. The molecule has 2 heterocycles. The van der Waals surface area contributed by atoms with Gasteiger partial charge in [-0.25, -0.2) is 14.0 Å². The zero-order valence-electron chi connectivity index (χ0n) is 13.9. The molecular formula is C16H13ClF3N5O2. The van der Waals surface area contributed by atoms with Crippen molar-refractivity contribution in [2.75, 3.05) is 5.84 Å². The Balaban J connectivity index is 2.27. The number of nitrogens with two attached hydrogens (primary N) is 1. The first-order valence-electron chi connectivity index (χ1n) is 7.53. The summed E-state index contributed by atoms with van der Waals surface area (Å²) in [5.41, 5.74) is -2.74. The summed E-state index contributed by atoms with van der Waals surface area (Å²) < 4.78 is 40.7. The lowest BCUT2D eigenvalue weighted by atomic mass is 10.2. The van der Waals surface area contributed by atoms with Gasteiger partial charge in [0.1, 0.15) is 0 Å². The van der Waals surface area contributed by atoms with Crippen LogP contribution in [0.4, 0.5) is 13.2 Å². The Morgan fingerprint density at radius 3 is 2.56 bits per heavy atom. The van der Waals surface area contributed by atoms with E-state index in [1.165, 1.54) is 22.9 Å². The average molecular weight is 400 g/mol. The molecule has 0 aliphatic rings. The van der Waals surface area contributed by atoms with Crippen LogP contribution in [0, 0.1) is 0 Å². The molecule has 142 valence electrons. The standard InChI is InChI=1S/C16H13ClF3N5O2/c1-8(2)7-23-11-5-9(3-4-10(11)14(17)22-23)24-13(26)6-12(16(18,19)20)25(21)15(24)27/h3-6H,1,7,21H2,2H3. The molecule has 0 saturated carbocycles. The van der Waals surface area contributed by atoms with Gasteiger partial charge in [0.05, 0.1) is 17.7 Å². The second-order valence-electron chi connectivity index (χ2n) is 5.96. The van der Waals surface area contributed by atoms with E-state index >= 15 is 0 Å². The van der Waals surface area contributed by atoms with Crippen LogP contribution in [0.25, 0.3) is 16.6 Å². The Hall–Kier alpha value is -3.01. The minimum absolute atomic E-state index is 0.0324. The minimum Gasteiger partial charge on any atom is -0.335 e. The molecule has 0 spiro atoms. The van der Waals surface area contributed by atoms with Gasteiger partial charge >= 0.3 is 11.9 Å². The molecule has 0 bridgehead atoms. The fraction of sp³-hybridized carbons (Fsp3) is 0.188. The zero-order chi connectivity index (χ0) is 20.1. The monoisotopic (exact) mass is 399 g/mol. The van der Waals surface area contributed by atoms with Crippen LogP contribution in [0.15, 0.2) is 46.0 Å². The van der Waals surface area contributed by atoms with Crippen molar-refractivity contribution in [2.24, 2.45) is 0 Å². The third-order valence-corrected chi connectivity index (χ3v) is 4.08. The summed E-state index contributed by atoms with van der Waals surface area (Å²) in [6.45, 7) is 5.89. The minimum atomic E-state index is -4.94. The number of halogens is 4. The van der Waals surface area contributed by atoms with Gasteiger partial charge < -0.3 is 5.84 Å². The first-order chi connectivity index (χ1) is 12.5. The van der Waals surface area contributed by atoms with Gasteiger partial charge in [-0.2, -0.15) is 18.3 Å². The van der Waals surface area contributed by atoms with Crippen molar-refractivity contribution >= 4 is 22.5 Å². The fourth-order valence-electron chi connectivity index (χ4n) is 2.65. The highest BCUT2D eigenvalue weighted by Crippen LogP contribution is 2.27. The summed E-state index contributed by atoms with van der Waals surface area (Å²) in [5.74, 6) is 5.26. The third-order valence-electron chi connectivity index (χ3n) is 3.80. The number of alkyl halides is 3. The Labute approximate surface area is 154 Å². The maximum Gasteiger partial charge on any atom is 0.433 e. The van der Waals surface area contributed by atoms with E-state index in [1.807, 2.05) is 0 Å². The molecule has 0 amide bonds. The first-order valence-corrected chi connectivity index (χ1v) is 7.90. The lowest BCUT2D eigenvalue weighted by Crippen LogP contribution is -2.45. The second-order valence-corrected chi connectivity index (χ2v) is 6.32. The molecule has 2 aromatic heterocycles. The van der Waals surface area contributed by atoms with Gasteiger partial charge in [-0.05, 0) is 25.1 Å². The second kappa shape index (κ2) is 6.31. The van der Waals surface area contributed by atoms with E-state index < -0.39 is 23.1 Å². The van der Waals surface area contributed by atoms with Crippen LogP contribution in [0.1, 0.15) is 12.6 Å². The SMILES string of the molecule is C=C(C)Cn1nc(Cl)c2ccc(-n3c(=O)cc(C(F)(F)F)n(N)c3=O)cc21. The topological polar surface area (TPSA) is 87.8 Å². The number of allylic oxidation sites excluding steroid dienone is 1. The molecule has 1 aromatic carbocycles. The maximum atomic E-state index is 12.9. The molecular weight excluding hydrogens is 387 g/mol. The van der Waals surface area contributed by atoms with E-state index in [-0.39, 0.29) is 21.6 Å². The summed E-state index contributed by atoms with van der Waals surface area (Å²) in [7, 11) is 0. The van der Waals surface area contributed by atoms with Crippen molar-refractivity contribution in [3.63, 3.8) is 0 Å². The van der Waals surface area contributed by atoms with Gasteiger partial charge in [0, 0.05) is 11.5 Å². The van der Waals surface area contributed by atoms with Crippen LogP contribution in [0.2, 0.25) is 5.15 Å². The molecule has 0 fully saturated rings. The summed E-state index contributed by atoms with van der Waals surface area (Å²) in [5, 5.41) is 4.90. The molecule has 0 atom stereocenters. The molecule has 3 rings (SSSR count). The highest BCUT2D eigenvalue weighted by Gasteiger charge is 2.35. The Bertz CT molecular complexity index is 1190. The normalized spacial score (nSPS) is 11.9. The molecule has 0 unspecified atom stereocenters. The van der Waals surface area contributed by atoms with Gasteiger partial charge in [0.15, 0.2) is 10.8 Å². The van der Waals surface area contributed by atoms with E-state index in [9.17, 15) is 22.8 Å². The van der Waals surface area contributed by atoms with E-state index in [4.69, 9.17) is 17.4 Å². The molecule has 0 aliphatic carbocycles. The molecule has 0 aliphatic heterocycles. The fourth-order valence-corrected chi connectivity index (χ4v) is 2.90. The van der Waals surface area contributed by atoms with Crippen molar-refractivity contribution in [2.45, 2.75) is 19.6 Å². The number of hydrogen-bond donors (Lipinski definition) is 1. The number of fused-ring (bicyclic) bond motifs is 1. The van der Waals surface area contributed by atoms with Crippen molar-refractivity contribution < 1.29 is 13.2 Å². The number of hydrogen-bond acceptors (Lipinski definition) is 4. The Morgan fingerprint density at radius 1 is 1.30 bits per heavy atom. The highest BCUT2D eigenvalue weighted by atomic mass is 35.5. The number of nitrogen functional groups attached to an aromatic ring is 1. The summed E-state index contributed by atoms with van der Waals surface area (Å²) >= 11 is 6.08. The number of rotatable bonds is 3. The maximum absolute atomic E-state index is 12.9. The van der Waals surface area contributed by atoms with Crippen molar-refractivity contribution in [1.82, 2.24) is 19.0 Å². The molecule has 27 heavy (non-hydrogen) atoms. The number of benzene rings is 1. The lowest BCUT2D eigenvalue weighted by molar-refractivity contribution is -0.143. The Kier molecular flexibility index (Phi) is 4.38. The largest absolute Gasteiger partial charge is 0.433 e. The zero-order valence-corrected chi connectivity index (χ0v) is 14.7. The first kappa shape index (κ1) is 18.8. The highest BCUT2D eigenvalue weighted by molar-refractivity contribution is 6.34. The summed E-state index contributed by atoms with van der Waals surface area (Å²) in [6, 6.07) is 4.58. The quantitative estimate of drug-likeness (QED) is 0.541.